The summed E-state index contributed by atoms with van der Waals surface area (Å²) in [5.74, 6) is 0.367. The van der Waals surface area contributed by atoms with Crippen molar-refractivity contribution in [3.05, 3.63) is 65.7 Å². The van der Waals surface area contributed by atoms with Crippen LogP contribution in [-0.4, -0.2) is 5.78 Å². The molecular formula is C18H19NO. The molecule has 0 aliphatic heterocycles. The van der Waals surface area contributed by atoms with E-state index in [-0.39, 0.29) is 5.41 Å². The Labute approximate surface area is 119 Å². The summed E-state index contributed by atoms with van der Waals surface area (Å²) in [6.45, 7) is 0. The summed E-state index contributed by atoms with van der Waals surface area (Å²) in [6, 6.07) is 18.0. The number of anilines is 1. The first kappa shape index (κ1) is 12.9. The topological polar surface area (TPSA) is 43.1 Å². The van der Waals surface area contributed by atoms with E-state index in [0.29, 0.717) is 12.2 Å². The van der Waals surface area contributed by atoms with E-state index in [2.05, 4.69) is 12.1 Å². The molecule has 2 nitrogen and oxygen atoms in total. The third-order valence-corrected chi connectivity index (χ3v) is 4.23. The highest BCUT2D eigenvalue weighted by molar-refractivity contribution is 5.93. The van der Waals surface area contributed by atoms with Gasteiger partial charge in [-0.1, -0.05) is 42.5 Å². The summed E-state index contributed by atoms with van der Waals surface area (Å²) in [6.07, 6.45) is 3.40. The summed E-state index contributed by atoms with van der Waals surface area (Å²) in [5.41, 5.74) is 8.61. The first-order valence-corrected chi connectivity index (χ1v) is 7.14. The Balaban J connectivity index is 1.69. The number of nitrogens with two attached hydrogens (primary N) is 1. The minimum absolute atomic E-state index is 0.220. The number of carbonyl (C=O) groups excluding carboxylic acids is 1. The van der Waals surface area contributed by atoms with E-state index in [9.17, 15) is 4.79 Å². The van der Waals surface area contributed by atoms with Crippen LogP contribution in [0.25, 0.3) is 0 Å². The molecule has 2 aromatic rings. The number of ketones is 1. The molecule has 0 saturated heterocycles. The summed E-state index contributed by atoms with van der Waals surface area (Å²) < 4.78 is 0. The van der Waals surface area contributed by atoms with E-state index in [4.69, 9.17) is 5.73 Å². The number of Topliss-reactive ketones (excluding diaryl/α,β-unsaturated/α-hetero) is 1. The third-order valence-electron chi connectivity index (χ3n) is 4.23. The van der Waals surface area contributed by atoms with Crippen molar-refractivity contribution in [3.63, 3.8) is 0 Å². The molecule has 0 heterocycles. The number of aryl methyl sites for hydroxylation is 1. The molecule has 0 spiro atoms. The third kappa shape index (κ3) is 2.46. The molecule has 2 heteroatoms. The fraction of sp³-hybridized carbons (Fsp3) is 0.278. The smallest absolute Gasteiger partial charge is 0.143 e. The van der Waals surface area contributed by atoms with Gasteiger partial charge in [0.15, 0.2) is 0 Å². The highest BCUT2D eigenvalue weighted by Crippen LogP contribution is 2.49. The lowest BCUT2D eigenvalue weighted by molar-refractivity contribution is -0.121. The highest BCUT2D eigenvalue weighted by Gasteiger charge is 2.49. The van der Waals surface area contributed by atoms with E-state index >= 15 is 0 Å². The second-order valence-corrected chi connectivity index (χ2v) is 5.61. The lowest BCUT2D eigenvalue weighted by Crippen LogP contribution is -2.20. The maximum atomic E-state index is 12.6. The zero-order valence-electron chi connectivity index (χ0n) is 11.5. The molecule has 1 aliphatic carbocycles. The first-order chi connectivity index (χ1) is 9.71. The van der Waals surface area contributed by atoms with E-state index in [1.807, 2.05) is 42.5 Å². The minimum atomic E-state index is -0.220. The van der Waals surface area contributed by atoms with Gasteiger partial charge >= 0.3 is 0 Å². The fourth-order valence-electron chi connectivity index (χ4n) is 2.80. The van der Waals surface area contributed by atoms with Crippen molar-refractivity contribution in [1.82, 2.24) is 0 Å². The molecule has 20 heavy (non-hydrogen) atoms. The molecule has 2 aromatic carbocycles. The molecule has 1 aliphatic rings. The summed E-state index contributed by atoms with van der Waals surface area (Å²) in [7, 11) is 0. The fourth-order valence-corrected chi connectivity index (χ4v) is 2.80. The van der Waals surface area contributed by atoms with Crippen LogP contribution in [0.3, 0.4) is 0 Å². The van der Waals surface area contributed by atoms with Gasteiger partial charge in [-0.25, -0.2) is 0 Å². The van der Waals surface area contributed by atoms with Crippen LogP contribution in [0.15, 0.2) is 54.6 Å². The van der Waals surface area contributed by atoms with Crippen molar-refractivity contribution in [2.45, 2.75) is 31.1 Å². The molecule has 0 atom stereocenters. The molecule has 102 valence electrons. The quantitative estimate of drug-likeness (QED) is 0.841. The number of benzene rings is 2. The largest absolute Gasteiger partial charge is 0.399 e. The molecule has 2 N–H and O–H groups in total. The van der Waals surface area contributed by atoms with Gasteiger partial charge in [0.1, 0.15) is 5.78 Å². The summed E-state index contributed by atoms with van der Waals surface area (Å²) in [5, 5.41) is 0. The number of nitrogen functional groups attached to an aromatic ring is 1. The zero-order valence-corrected chi connectivity index (χ0v) is 11.5. The van der Waals surface area contributed by atoms with Crippen LogP contribution < -0.4 is 5.73 Å². The van der Waals surface area contributed by atoms with Gasteiger partial charge in [-0.05, 0) is 42.5 Å². The van der Waals surface area contributed by atoms with Gasteiger partial charge in [-0.2, -0.15) is 0 Å². The standard InChI is InChI=1S/C18H19NO/c19-16-9-7-15(8-10-16)18(12-13-18)17(20)11-6-14-4-2-1-3-5-14/h1-5,7-10H,6,11-13,19H2. The Kier molecular flexibility index (Phi) is 3.31. The Hall–Kier alpha value is -2.09. The Morgan fingerprint density at radius 3 is 2.25 bits per heavy atom. The maximum Gasteiger partial charge on any atom is 0.143 e. The van der Waals surface area contributed by atoms with Crippen LogP contribution in [0.2, 0.25) is 0 Å². The molecule has 3 rings (SSSR count). The molecule has 0 amide bonds. The average molecular weight is 265 g/mol. The van der Waals surface area contributed by atoms with Crippen molar-refractivity contribution >= 4 is 11.5 Å². The molecule has 0 radical (unpaired) electrons. The summed E-state index contributed by atoms with van der Waals surface area (Å²) >= 11 is 0. The molecule has 1 saturated carbocycles. The minimum Gasteiger partial charge on any atom is -0.399 e. The van der Waals surface area contributed by atoms with Crippen molar-refractivity contribution in [1.29, 1.82) is 0 Å². The predicted molar refractivity (Wildman–Crippen MR) is 81.5 cm³/mol. The SMILES string of the molecule is Nc1ccc(C2(C(=O)CCc3ccccc3)CC2)cc1. The van der Waals surface area contributed by atoms with Gasteiger partial charge in [0.25, 0.3) is 0 Å². The lowest BCUT2D eigenvalue weighted by Gasteiger charge is -2.14. The van der Waals surface area contributed by atoms with Gasteiger partial charge < -0.3 is 5.73 Å². The molecule has 1 fully saturated rings. The second kappa shape index (κ2) is 5.12. The van der Waals surface area contributed by atoms with Crippen LogP contribution >= 0.6 is 0 Å². The molecule has 0 unspecified atom stereocenters. The van der Waals surface area contributed by atoms with Crippen LogP contribution in [0.5, 0.6) is 0 Å². The number of rotatable bonds is 5. The van der Waals surface area contributed by atoms with Crippen molar-refractivity contribution in [3.8, 4) is 0 Å². The van der Waals surface area contributed by atoms with E-state index in [1.165, 1.54) is 5.56 Å². The normalized spacial score (nSPS) is 15.8. The Bertz CT molecular complexity index is 597. The number of hydrogen-bond acceptors (Lipinski definition) is 2. The summed E-state index contributed by atoms with van der Waals surface area (Å²) in [4.78, 5) is 12.6. The van der Waals surface area contributed by atoms with Crippen molar-refractivity contribution in [2.75, 3.05) is 5.73 Å². The van der Waals surface area contributed by atoms with Crippen molar-refractivity contribution in [2.24, 2.45) is 0 Å². The van der Waals surface area contributed by atoms with Gasteiger partial charge in [-0.15, -0.1) is 0 Å². The van der Waals surface area contributed by atoms with E-state index < -0.39 is 0 Å². The number of hydrogen-bond donors (Lipinski definition) is 1. The Morgan fingerprint density at radius 2 is 1.65 bits per heavy atom. The van der Waals surface area contributed by atoms with Gasteiger partial charge in [0.05, 0.1) is 5.41 Å². The van der Waals surface area contributed by atoms with Crippen LogP contribution in [0.1, 0.15) is 30.4 Å². The van der Waals surface area contributed by atoms with Crippen LogP contribution in [0, 0.1) is 0 Å². The second-order valence-electron chi connectivity index (χ2n) is 5.61. The lowest BCUT2D eigenvalue weighted by atomic mass is 9.88. The van der Waals surface area contributed by atoms with Gasteiger partial charge in [0, 0.05) is 12.1 Å². The van der Waals surface area contributed by atoms with E-state index in [0.717, 1.165) is 30.5 Å². The van der Waals surface area contributed by atoms with Gasteiger partial charge in [0.2, 0.25) is 0 Å². The monoisotopic (exact) mass is 265 g/mol. The zero-order chi connectivity index (χ0) is 14.0. The molecule has 0 aromatic heterocycles. The van der Waals surface area contributed by atoms with Crippen LogP contribution in [-0.2, 0) is 16.6 Å². The van der Waals surface area contributed by atoms with Crippen molar-refractivity contribution < 1.29 is 4.79 Å². The average Bonchev–Trinajstić information content (AvgIpc) is 3.28. The maximum absolute atomic E-state index is 12.6. The van der Waals surface area contributed by atoms with Gasteiger partial charge in [-0.3, -0.25) is 4.79 Å². The van der Waals surface area contributed by atoms with Crippen LogP contribution in [0.4, 0.5) is 5.69 Å². The molecular weight excluding hydrogens is 246 g/mol. The number of carbonyl (C=O) groups is 1. The predicted octanol–water partition coefficient (Wildman–Crippen LogP) is 3.50. The Morgan fingerprint density at radius 1 is 1.00 bits per heavy atom. The first-order valence-electron chi connectivity index (χ1n) is 7.14. The van der Waals surface area contributed by atoms with E-state index in [1.54, 1.807) is 0 Å². The highest BCUT2D eigenvalue weighted by atomic mass is 16.1. The molecule has 0 bridgehead atoms.